The first kappa shape index (κ1) is 37.7. The van der Waals surface area contributed by atoms with Crippen LogP contribution >= 0.6 is 0 Å². The molecule has 0 fully saturated rings. The Hall–Kier alpha value is -5.20. The maximum atomic E-state index is 2.55. The summed E-state index contributed by atoms with van der Waals surface area (Å²) in [6.07, 6.45) is 13.9. The van der Waals surface area contributed by atoms with Gasteiger partial charge in [-0.25, -0.2) is 0 Å². The van der Waals surface area contributed by atoms with Gasteiger partial charge >= 0.3 is 0 Å². The number of hydrogen-bond acceptors (Lipinski definition) is 0. The van der Waals surface area contributed by atoms with Crippen molar-refractivity contribution in [2.75, 3.05) is 0 Å². The predicted molar refractivity (Wildman–Crippen MR) is 246 cm³/mol. The average Bonchev–Trinajstić information content (AvgIpc) is 3.25. The highest BCUT2D eigenvalue weighted by Gasteiger charge is 2.23. The Morgan fingerprint density at radius 3 is 0.732 bits per heavy atom. The van der Waals surface area contributed by atoms with Gasteiger partial charge in [-0.2, -0.15) is 0 Å². The summed E-state index contributed by atoms with van der Waals surface area (Å²) >= 11 is 0. The molecule has 0 aliphatic rings. The molecule has 0 N–H and O–H groups in total. The van der Waals surface area contributed by atoms with Gasteiger partial charge in [-0.3, -0.25) is 0 Å². The predicted octanol–water partition coefficient (Wildman–Crippen LogP) is 16.6. The van der Waals surface area contributed by atoms with Gasteiger partial charge in [0.15, 0.2) is 0 Å². The van der Waals surface area contributed by atoms with Crippen LogP contribution in [0.5, 0.6) is 0 Å². The largest absolute Gasteiger partial charge is 0.0654 e. The van der Waals surface area contributed by atoms with Crippen LogP contribution in [0.15, 0.2) is 133 Å². The zero-order valence-corrected chi connectivity index (χ0v) is 34.2. The number of unbranched alkanes of at least 4 members (excludes halogenated alkanes) is 4. The van der Waals surface area contributed by atoms with Crippen molar-refractivity contribution in [1.29, 1.82) is 0 Å². The molecule has 0 saturated heterocycles. The zero-order chi connectivity index (χ0) is 38.4. The van der Waals surface area contributed by atoms with Crippen molar-refractivity contribution in [3.8, 4) is 44.5 Å². The van der Waals surface area contributed by atoms with Gasteiger partial charge in [0.05, 0.1) is 0 Å². The van der Waals surface area contributed by atoms with Crippen LogP contribution < -0.4 is 0 Å². The molecule has 0 nitrogen and oxygen atoms in total. The molecule has 282 valence electrons. The Morgan fingerprint density at radius 2 is 0.500 bits per heavy atom. The molecule has 0 radical (unpaired) electrons. The van der Waals surface area contributed by atoms with E-state index in [0.29, 0.717) is 0 Å². The number of rotatable bonds is 16. The maximum Gasteiger partial charge on any atom is -0.00139 e. The minimum Gasteiger partial charge on any atom is -0.0654 e. The van der Waals surface area contributed by atoms with Crippen LogP contribution in [0.1, 0.15) is 101 Å². The summed E-state index contributed by atoms with van der Waals surface area (Å²) in [6, 6.07) is 51.9. The van der Waals surface area contributed by atoms with E-state index in [2.05, 4.69) is 161 Å². The zero-order valence-electron chi connectivity index (χ0n) is 34.2. The first-order chi connectivity index (χ1) is 27.7. The van der Waals surface area contributed by atoms with Crippen molar-refractivity contribution in [3.05, 3.63) is 156 Å². The number of hydrogen-bond donors (Lipinski definition) is 0. The van der Waals surface area contributed by atoms with E-state index in [9.17, 15) is 0 Å². The van der Waals surface area contributed by atoms with Gasteiger partial charge < -0.3 is 0 Å². The lowest BCUT2D eigenvalue weighted by Crippen LogP contribution is -1.99. The molecule has 56 heavy (non-hydrogen) atoms. The van der Waals surface area contributed by atoms with Crippen molar-refractivity contribution >= 4 is 32.3 Å². The van der Waals surface area contributed by atoms with Crippen LogP contribution in [0.3, 0.4) is 0 Å². The lowest BCUT2D eigenvalue weighted by Gasteiger charge is -2.24. The van der Waals surface area contributed by atoms with Crippen molar-refractivity contribution < 1.29 is 0 Å². The molecule has 0 heteroatoms. The lowest BCUT2D eigenvalue weighted by molar-refractivity contribution is 0.796. The minimum atomic E-state index is 1.09. The van der Waals surface area contributed by atoms with Crippen LogP contribution in [0.2, 0.25) is 0 Å². The molecule has 0 aliphatic carbocycles. The summed E-state index contributed by atoms with van der Waals surface area (Å²) in [5.74, 6) is 0. The third-order valence-corrected chi connectivity index (χ3v) is 12.3. The van der Waals surface area contributed by atoms with E-state index >= 15 is 0 Å². The summed E-state index contributed by atoms with van der Waals surface area (Å²) in [5, 5.41) is 8.25. The summed E-state index contributed by atoms with van der Waals surface area (Å²) < 4.78 is 0. The summed E-state index contributed by atoms with van der Waals surface area (Å²) in [5.41, 5.74) is 16.7. The van der Waals surface area contributed by atoms with E-state index in [4.69, 9.17) is 0 Å². The number of aryl methyl sites for hydroxylation is 4. The van der Waals surface area contributed by atoms with E-state index in [1.807, 2.05) is 0 Å². The molecule has 0 aromatic heterocycles. The smallest absolute Gasteiger partial charge is 0.00139 e. The van der Waals surface area contributed by atoms with Gasteiger partial charge in [-0.15, -0.1) is 0 Å². The standard InChI is InChI=1S/C56H58/c1-5-9-21-39-25-13-17-29-43(39)51-37-52(44-30-18-14-26-40(44)22-10-6-2)48-35-36-50-54(46-32-20-16-28-42(46)24-12-8-4)38-53(49-34-33-47(51)55(48)56(49)50)45-31-19-15-27-41(45)23-11-7-3/h13-20,25-38H,5-12,21-24H2,1-4H3. The third-order valence-electron chi connectivity index (χ3n) is 12.3. The number of benzene rings is 8. The van der Waals surface area contributed by atoms with Gasteiger partial charge in [0.1, 0.15) is 0 Å². The molecule has 0 unspecified atom stereocenters. The monoisotopic (exact) mass is 730 g/mol. The molecule has 0 bridgehead atoms. The van der Waals surface area contributed by atoms with Crippen molar-refractivity contribution in [2.24, 2.45) is 0 Å². The minimum absolute atomic E-state index is 1.09. The molecule has 0 amide bonds. The highest BCUT2D eigenvalue weighted by molar-refractivity contribution is 6.32. The third kappa shape index (κ3) is 7.16. The Kier molecular flexibility index (Phi) is 11.6. The molecule has 8 aromatic carbocycles. The fraction of sp³-hybridized carbons (Fsp3) is 0.286. The second kappa shape index (κ2) is 17.3. The van der Waals surface area contributed by atoms with Gasteiger partial charge in [0.2, 0.25) is 0 Å². The topological polar surface area (TPSA) is 0 Å². The van der Waals surface area contributed by atoms with Gasteiger partial charge in [-0.1, -0.05) is 175 Å². The molecule has 0 saturated carbocycles. The molecular formula is C56H58. The maximum absolute atomic E-state index is 2.55. The molecule has 0 atom stereocenters. The van der Waals surface area contributed by atoms with Crippen LogP contribution in [-0.4, -0.2) is 0 Å². The van der Waals surface area contributed by atoms with Gasteiger partial charge in [0, 0.05) is 0 Å². The summed E-state index contributed by atoms with van der Waals surface area (Å²) in [6.45, 7) is 9.22. The molecule has 0 aliphatic heterocycles. The van der Waals surface area contributed by atoms with E-state index < -0.39 is 0 Å². The second-order valence-electron chi connectivity index (χ2n) is 16.1. The van der Waals surface area contributed by atoms with E-state index in [1.54, 1.807) is 0 Å². The highest BCUT2D eigenvalue weighted by Crippen LogP contribution is 2.50. The van der Waals surface area contributed by atoms with E-state index in [1.165, 1.54) is 150 Å². The Bertz CT molecular complexity index is 2230. The van der Waals surface area contributed by atoms with Crippen molar-refractivity contribution in [1.82, 2.24) is 0 Å². The SMILES string of the molecule is CCCCc1ccccc1-c1cc(-c2ccccc2CCCC)c2ccc3c(-c4ccccc4CCCC)cc(-c4ccccc4CCCC)c4ccc1c2c43. The first-order valence-electron chi connectivity index (χ1n) is 21.8. The Balaban J connectivity index is 1.54. The second-order valence-corrected chi connectivity index (χ2v) is 16.1. The Morgan fingerprint density at radius 1 is 0.268 bits per heavy atom. The summed E-state index contributed by atoms with van der Waals surface area (Å²) in [4.78, 5) is 0. The molecule has 8 aromatic rings. The molecule has 0 spiro atoms. The average molecular weight is 731 g/mol. The van der Waals surface area contributed by atoms with Crippen LogP contribution in [-0.2, 0) is 25.7 Å². The highest BCUT2D eigenvalue weighted by atomic mass is 14.3. The van der Waals surface area contributed by atoms with Crippen molar-refractivity contribution in [3.63, 3.8) is 0 Å². The van der Waals surface area contributed by atoms with Crippen LogP contribution in [0, 0.1) is 0 Å². The summed E-state index contributed by atoms with van der Waals surface area (Å²) in [7, 11) is 0. The first-order valence-corrected chi connectivity index (χ1v) is 21.8. The van der Waals surface area contributed by atoms with Crippen LogP contribution in [0.25, 0.3) is 76.8 Å². The van der Waals surface area contributed by atoms with Crippen molar-refractivity contribution in [2.45, 2.75) is 105 Å². The van der Waals surface area contributed by atoms with Crippen LogP contribution in [0.4, 0.5) is 0 Å². The Labute approximate surface area is 336 Å². The lowest BCUT2D eigenvalue weighted by atomic mass is 9.79. The van der Waals surface area contributed by atoms with E-state index in [0.717, 1.165) is 25.7 Å². The molecular weight excluding hydrogens is 673 g/mol. The normalized spacial score (nSPS) is 11.7. The van der Waals surface area contributed by atoms with Gasteiger partial charge in [0.25, 0.3) is 0 Å². The quantitative estimate of drug-likeness (QED) is 0.0869. The molecule has 8 rings (SSSR count). The van der Waals surface area contributed by atoms with E-state index in [-0.39, 0.29) is 0 Å². The fourth-order valence-electron chi connectivity index (χ4n) is 9.36. The fourth-order valence-corrected chi connectivity index (χ4v) is 9.36. The molecule has 0 heterocycles. The van der Waals surface area contributed by atoms with Gasteiger partial charge in [-0.05, 0) is 163 Å².